The van der Waals surface area contributed by atoms with Gasteiger partial charge >= 0.3 is 0 Å². The van der Waals surface area contributed by atoms with Crippen molar-refractivity contribution in [2.75, 3.05) is 18.1 Å². The Morgan fingerprint density at radius 2 is 2.38 bits per heavy atom. The molecule has 1 aliphatic heterocycles. The molecule has 1 aromatic carbocycles. The molecule has 1 atom stereocenters. The third-order valence-electron chi connectivity index (χ3n) is 2.43. The van der Waals surface area contributed by atoms with E-state index >= 15 is 0 Å². The van der Waals surface area contributed by atoms with Crippen LogP contribution in [0.15, 0.2) is 23.1 Å². The van der Waals surface area contributed by atoms with Gasteiger partial charge in [0.15, 0.2) is 0 Å². The lowest BCUT2D eigenvalue weighted by atomic mass is 9.99. The Hall–Kier alpha value is -0.670. The van der Waals surface area contributed by atoms with Crippen LogP contribution >= 0.6 is 11.8 Å². The van der Waals surface area contributed by atoms with Crippen LogP contribution in [-0.4, -0.2) is 12.8 Å². The Labute approximate surface area is 82.9 Å². The molecule has 1 heterocycles. The van der Waals surface area contributed by atoms with Crippen molar-refractivity contribution in [3.8, 4) is 0 Å². The lowest BCUT2D eigenvalue weighted by Gasteiger charge is -2.24. The highest BCUT2D eigenvalue weighted by molar-refractivity contribution is 7.98. The molecule has 3 heteroatoms. The maximum absolute atomic E-state index is 6.02. The third-order valence-corrected chi connectivity index (χ3v) is 3.15. The van der Waals surface area contributed by atoms with Gasteiger partial charge in [0.25, 0.3) is 0 Å². The van der Waals surface area contributed by atoms with Gasteiger partial charge in [-0.05, 0) is 36.4 Å². The first-order valence-electron chi connectivity index (χ1n) is 4.48. The Bertz CT molecular complexity index is 312. The van der Waals surface area contributed by atoms with E-state index in [2.05, 4.69) is 29.8 Å². The SMILES string of the molecule is CSc1ccc2c(c1)[C@H](N)CCN2. The average molecular weight is 194 g/mol. The number of hydrogen-bond donors (Lipinski definition) is 2. The van der Waals surface area contributed by atoms with Gasteiger partial charge in [-0.25, -0.2) is 0 Å². The van der Waals surface area contributed by atoms with Gasteiger partial charge in [0.2, 0.25) is 0 Å². The summed E-state index contributed by atoms with van der Waals surface area (Å²) in [6, 6.07) is 6.66. The van der Waals surface area contributed by atoms with Crippen LogP contribution in [0.2, 0.25) is 0 Å². The molecular weight excluding hydrogens is 180 g/mol. The van der Waals surface area contributed by atoms with Crippen molar-refractivity contribution in [2.45, 2.75) is 17.4 Å². The van der Waals surface area contributed by atoms with Gasteiger partial charge in [-0.15, -0.1) is 11.8 Å². The number of thioether (sulfide) groups is 1. The molecular formula is C10H14N2S. The molecule has 1 aliphatic rings. The molecule has 0 amide bonds. The minimum Gasteiger partial charge on any atom is -0.385 e. The smallest absolute Gasteiger partial charge is 0.0389 e. The van der Waals surface area contributed by atoms with Crippen molar-refractivity contribution in [3.63, 3.8) is 0 Å². The van der Waals surface area contributed by atoms with E-state index in [1.54, 1.807) is 11.8 Å². The highest BCUT2D eigenvalue weighted by atomic mass is 32.2. The molecule has 0 aliphatic carbocycles. The summed E-state index contributed by atoms with van der Waals surface area (Å²) in [5.41, 5.74) is 8.49. The summed E-state index contributed by atoms with van der Waals surface area (Å²) in [5, 5.41) is 3.36. The lowest BCUT2D eigenvalue weighted by molar-refractivity contribution is 0.653. The second kappa shape index (κ2) is 3.60. The fourth-order valence-electron chi connectivity index (χ4n) is 1.65. The molecule has 0 unspecified atom stereocenters. The number of anilines is 1. The molecule has 0 saturated carbocycles. The van der Waals surface area contributed by atoms with Crippen LogP contribution in [0.3, 0.4) is 0 Å². The van der Waals surface area contributed by atoms with Gasteiger partial charge < -0.3 is 11.1 Å². The molecule has 0 bridgehead atoms. The monoisotopic (exact) mass is 194 g/mol. The molecule has 13 heavy (non-hydrogen) atoms. The van der Waals surface area contributed by atoms with E-state index in [0.717, 1.165) is 13.0 Å². The molecule has 70 valence electrons. The quantitative estimate of drug-likeness (QED) is 0.673. The van der Waals surface area contributed by atoms with E-state index in [1.807, 2.05) is 0 Å². The minimum atomic E-state index is 0.211. The Balaban J connectivity index is 2.41. The van der Waals surface area contributed by atoms with E-state index in [4.69, 9.17) is 5.73 Å². The number of nitrogens with two attached hydrogens (primary N) is 1. The van der Waals surface area contributed by atoms with Crippen molar-refractivity contribution >= 4 is 17.4 Å². The first-order chi connectivity index (χ1) is 6.31. The van der Waals surface area contributed by atoms with Gasteiger partial charge in [0.05, 0.1) is 0 Å². The van der Waals surface area contributed by atoms with Crippen molar-refractivity contribution < 1.29 is 0 Å². The molecule has 2 nitrogen and oxygen atoms in total. The van der Waals surface area contributed by atoms with Crippen LogP contribution in [0.4, 0.5) is 5.69 Å². The normalized spacial score (nSPS) is 20.6. The second-order valence-electron chi connectivity index (χ2n) is 3.28. The number of fused-ring (bicyclic) bond motifs is 1. The maximum atomic E-state index is 6.02. The largest absolute Gasteiger partial charge is 0.385 e. The zero-order chi connectivity index (χ0) is 9.26. The standard InChI is InChI=1S/C10H14N2S/c1-13-7-2-3-10-8(6-7)9(11)4-5-12-10/h2-3,6,9,12H,4-5,11H2,1H3/t9-/m1/s1. The highest BCUT2D eigenvalue weighted by Crippen LogP contribution is 2.31. The van der Waals surface area contributed by atoms with E-state index in [1.165, 1.54) is 16.1 Å². The molecule has 1 aromatic rings. The van der Waals surface area contributed by atoms with E-state index in [-0.39, 0.29) is 6.04 Å². The van der Waals surface area contributed by atoms with Crippen LogP contribution in [0.1, 0.15) is 18.0 Å². The Morgan fingerprint density at radius 3 is 3.15 bits per heavy atom. The summed E-state index contributed by atoms with van der Waals surface area (Å²) in [7, 11) is 0. The van der Waals surface area contributed by atoms with Crippen LogP contribution in [-0.2, 0) is 0 Å². The number of nitrogens with one attached hydrogen (secondary N) is 1. The molecule has 2 rings (SSSR count). The summed E-state index contributed by atoms with van der Waals surface area (Å²) >= 11 is 1.76. The molecule has 3 N–H and O–H groups in total. The Morgan fingerprint density at radius 1 is 1.54 bits per heavy atom. The molecule has 0 fully saturated rings. The number of hydrogen-bond acceptors (Lipinski definition) is 3. The average Bonchev–Trinajstić information content (AvgIpc) is 2.18. The highest BCUT2D eigenvalue weighted by Gasteiger charge is 2.15. The zero-order valence-corrected chi connectivity index (χ0v) is 8.53. The van der Waals surface area contributed by atoms with Crippen molar-refractivity contribution in [1.82, 2.24) is 0 Å². The van der Waals surface area contributed by atoms with E-state index in [0.29, 0.717) is 0 Å². The third kappa shape index (κ3) is 1.67. The first-order valence-corrected chi connectivity index (χ1v) is 5.71. The molecule has 0 aromatic heterocycles. The van der Waals surface area contributed by atoms with Crippen molar-refractivity contribution in [1.29, 1.82) is 0 Å². The predicted molar refractivity (Wildman–Crippen MR) is 58.3 cm³/mol. The van der Waals surface area contributed by atoms with Crippen LogP contribution in [0.25, 0.3) is 0 Å². The summed E-state index contributed by atoms with van der Waals surface area (Å²) in [6.07, 6.45) is 3.12. The van der Waals surface area contributed by atoms with Crippen LogP contribution < -0.4 is 11.1 Å². The van der Waals surface area contributed by atoms with E-state index < -0.39 is 0 Å². The van der Waals surface area contributed by atoms with Gasteiger partial charge in [-0.2, -0.15) is 0 Å². The van der Waals surface area contributed by atoms with E-state index in [9.17, 15) is 0 Å². The van der Waals surface area contributed by atoms with Gasteiger partial charge in [-0.3, -0.25) is 0 Å². The minimum absolute atomic E-state index is 0.211. The first kappa shape index (κ1) is 8.91. The van der Waals surface area contributed by atoms with Crippen LogP contribution in [0.5, 0.6) is 0 Å². The fraction of sp³-hybridized carbons (Fsp3) is 0.400. The molecule has 0 spiro atoms. The topological polar surface area (TPSA) is 38.0 Å². The molecule has 0 radical (unpaired) electrons. The fourth-order valence-corrected chi connectivity index (χ4v) is 2.10. The van der Waals surface area contributed by atoms with Crippen molar-refractivity contribution in [3.05, 3.63) is 23.8 Å². The molecule has 0 saturated heterocycles. The summed E-state index contributed by atoms with van der Waals surface area (Å²) < 4.78 is 0. The predicted octanol–water partition coefficient (Wildman–Crippen LogP) is 2.22. The van der Waals surface area contributed by atoms with Crippen LogP contribution in [0, 0.1) is 0 Å². The number of benzene rings is 1. The lowest BCUT2D eigenvalue weighted by Crippen LogP contribution is -2.22. The summed E-state index contributed by atoms with van der Waals surface area (Å²) in [4.78, 5) is 1.29. The second-order valence-corrected chi connectivity index (χ2v) is 4.15. The van der Waals surface area contributed by atoms with Gasteiger partial charge in [0.1, 0.15) is 0 Å². The Kier molecular flexibility index (Phi) is 2.47. The summed E-state index contributed by atoms with van der Waals surface area (Å²) in [5.74, 6) is 0. The summed E-state index contributed by atoms with van der Waals surface area (Å²) in [6.45, 7) is 0.993. The van der Waals surface area contributed by atoms with Gasteiger partial charge in [0, 0.05) is 23.2 Å². The van der Waals surface area contributed by atoms with Gasteiger partial charge in [-0.1, -0.05) is 0 Å². The zero-order valence-electron chi connectivity index (χ0n) is 7.71. The maximum Gasteiger partial charge on any atom is 0.0389 e. The number of rotatable bonds is 1. The van der Waals surface area contributed by atoms with Crippen molar-refractivity contribution in [2.24, 2.45) is 5.73 Å².